The summed E-state index contributed by atoms with van der Waals surface area (Å²) in [5.41, 5.74) is 0.549. The van der Waals surface area contributed by atoms with E-state index < -0.39 is 11.6 Å². The van der Waals surface area contributed by atoms with Crippen LogP contribution < -0.4 is 0 Å². The summed E-state index contributed by atoms with van der Waals surface area (Å²) in [7, 11) is 0. The van der Waals surface area contributed by atoms with Gasteiger partial charge >= 0.3 is 0 Å². The summed E-state index contributed by atoms with van der Waals surface area (Å²) in [5, 5.41) is 8.71. The number of hydrogen-bond donors (Lipinski definition) is 0. The molecule has 1 aromatic rings. The maximum absolute atomic E-state index is 13.1. The number of Topliss-reactive ketones (excluding diaryl/α,β-unsaturated/α-hetero) is 1. The van der Waals surface area contributed by atoms with Crippen LogP contribution in [0.2, 0.25) is 0 Å². The van der Waals surface area contributed by atoms with Crippen molar-refractivity contribution in [2.75, 3.05) is 5.88 Å². The quantitative estimate of drug-likeness (QED) is 0.557. The van der Waals surface area contributed by atoms with Crippen LogP contribution in [0, 0.1) is 24.1 Å². The first-order valence-electron chi connectivity index (χ1n) is 3.89. The molecule has 0 atom stereocenters. The Bertz CT molecular complexity index is 423. The normalized spacial score (nSPS) is 9.57. The fraction of sp³-hybridized carbons (Fsp3) is 0.200. The average molecular weight is 212 g/mol. The van der Waals surface area contributed by atoms with Crippen LogP contribution in [0.15, 0.2) is 12.1 Å². The molecular weight excluding hydrogens is 205 g/mol. The van der Waals surface area contributed by atoms with E-state index in [2.05, 4.69) is 0 Å². The lowest BCUT2D eigenvalue weighted by Crippen LogP contribution is -2.05. The summed E-state index contributed by atoms with van der Waals surface area (Å²) < 4.78 is 13.1. The molecule has 1 rings (SSSR count). The molecule has 0 spiro atoms. The highest BCUT2D eigenvalue weighted by Gasteiger charge is 2.13. The number of nitriles is 1. The molecule has 0 aromatic heterocycles. The van der Waals surface area contributed by atoms with Gasteiger partial charge in [0, 0.05) is 5.56 Å². The summed E-state index contributed by atoms with van der Waals surface area (Å²) in [6.45, 7) is 1.53. The highest BCUT2D eigenvalue weighted by Crippen LogP contribution is 2.15. The van der Waals surface area contributed by atoms with E-state index in [9.17, 15) is 9.18 Å². The van der Waals surface area contributed by atoms with Gasteiger partial charge in [0.15, 0.2) is 5.78 Å². The topological polar surface area (TPSA) is 40.9 Å². The van der Waals surface area contributed by atoms with E-state index in [1.807, 2.05) is 6.07 Å². The zero-order chi connectivity index (χ0) is 10.7. The van der Waals surface area contributed by atoms with Crippen molar-refractivity contribution >= 4 is 17.4 Å². The van der Waals surface area contributed by atoms with Gasteiger partial charge in [0.1, 0.15) is 5.82 Å². The molecule has 1 aromatic carbocycles. The Labute approximate surface area is 85.9 Å². The number of carbonyl (C=O) groups is 1. The van der Waals surface area contributed by atoms with Crippen LogP contribution in [0.1, 0.15) is 21.5 Å². The number of rotatable bonds is 2. The molecule has 0 saturated heterocycles. The van der Waals surface area contributed by atoms with Crippen LogP contribution in [0.5, 0.6) is 0 Å². The predicted molar refractivity (Wildman–Crippen MR) is 50.9 cm³/mol. The van der Waals surface area contributed by atoms with Gasteiger partial charge in [-0.05, 0) is 24.6 Å². The molecule has 0 unspecified atom stereocenters. The SMILES string of the molecule is Cc1cc(C#N)c(C(=O)CCl)cc1F. The molecule has 0 aliphatic heterocycles. The summed E-state index contributed by atoms with van der Waals surface area (Å²) in [6.07, 6.45) is 0. The van der Waals surface area contributed by atoms with Crippen LogP contribution in [0.25, 0.3) is 0 Å². The van der Waals surface area contributed by atoms with Gasteiger partial charge in [0.25, 0.3) is 0 Å². The highest BCUT2D eigenvalue weighted by atomic mass is 35.5. The minimum absolute atomic E-state index is 0.0469. The molecule has 0 heterocycles. The Morgan fingerprint density at radius 2 is 2.29 bits per heavy atom. The zero-order valence-electron chi connectivity index (χ0n) is 7.47. The van der Waals surface area contributed by atoms with Crippen molar-refractivity contribution in [1.29, 1.82) is 5.26 Å². The lowest BCUT2D eigenvalue weighted by Gasteiger charge is -2.03. The van der Waals surface area contributed by atoms with Gasteiger partial charge in [0.2, 0.25) is 0 Å². The van der Waals surface area contributed by atoms with Crippen LogP contribution in [0.4, 0.5) is 4.39 Å². The van der Waals surface area contributed by atoms with Crippen molar-refractivity contribution in [3.8, 4) is 6.07 Å². The average Bonchev–Trinajstić information content (AvgIpc) is 2.20. The van der Waals surface area contributed by atoms with Crippen molar-refractivity contribution < 1.29 is 9.18 Å². The Morgan fingerprint density at radius 3 is 2.79 bits per heavy atom. The second-order valence-corrected chi connectivity index (χ2v) is 3.08. The van der Waals surface area contributed by atoms with E-state index in [0.29, 0.717) is 5.56 Å². The van der Waals surface area contributed by atoms with Crippen LogP contribution in [0.3, 0.4) is 0 Å². The summed E-state index contributed by atoms with van der Waals surface area (Å²) >= 11 is 5.33. The molecule has 72 valence electrons. The van der Waals surface area contributed by atoms with E-state index in [0.717, 1.165) is 6.07 Å². The van der Waals surface area contributed by atoms with Gasteiger partial charge < -0.3 is 0 Å². The second-order valence-electron chi connectivity index (χ2n) is 2.82. The molecule has 0 N–H and O–H groups in total. The molecule has 14 heavy (non-hydrogen) atoms. The summed E-state index contributed by atoms with van der Waals surface area (Å²) in [6, 6.07) is 4.23. The first-order valence-corrected chi connectivity index (χ1v) is 4.43. The fourth-order valence-corrected chi connectivity index (χ4v) is 1.22. The Hall–Kier alpha value is -1.40. The van der Waals surface area contributed by atoms with E-state index in [1.54, 1.807) is 0 Å². The van der Waals surface area contributed by atoms with E-state index >= 15 is 0 Å². The molecular formula is C10H7ClFNO. The van der Waals surface area contributed by atoms with Crippen molar-refractivity contribution in [3.05, 3.63) is 34.6 Å². The molecule has 0 bridgehead atoms. The number of ketones is 1. The summed E-state index contributed by atoms with van der Waals surface area (Å²) in [4.78, 5) is 11.2. The van der Waals surface area contributed by atoms with E-state index in [-0.39, 0.29) is 17.0 Å². The van der Waals surface area contributed by atoms with Crippen molar-refractivity contribution in [1.82, 2.24) is 0 Å². The third kappa shape index (κ3) is 1.91. The van der Waals surface area contributed by atoms with Gasteiger partial charge in [-0.15, -0.1) is 11.6 Å². The van der Waals surface area contributed by atoms with Gasteiger partial charge in [-0.1, -0.05) is 0 Å². The van der Waals surface area contributed by atoms with Gasteiger partial charge in [-0.2, -0.15) is 5.26 Å². The highest BCUT2D eigenvalue weighted by molar-refractivity contribution is 6.30. The van der Waals surface area contributed by atoms with Gasteiger partial charge in [-0.25, -0.2) is 4.39 Å². The Balaban J connectivity index is 3.36. The van der Waals surface area contributed by atoms with E-state index in [1.165, 1.54) is 13.0 Å². The second kappa shape index (κ2) is 4.21. The number of carbonyl (C=O) groups excluding carboxylic acids is 1. The number of halogens is 2. The molecule has 2 nitrogen and oxygen atoms in total. The van der Waals surface area contributed by atoms with Gasteiger partial charge in [0.05, 0.1) is 17.5 Å². The maximum atomic E-state index is 13.1. The fourth-order valence-electron chi connectivity index (χ4n) is 1.08. The molecule has 4 heteroatoms. The third-order valence-corrected chi connectivity index (χ3v) is 2.08. The minimum Gasteiger partial charge on any atom is -0.293 e. The smallest absolute Gasteiger partial charge is 0.179 e. The lowest BCUT2D eigenvalue weighted by atomic mass is 10.0. The number of alkyl halides is 1. The molecule has 0 aliphatic carbocycles. The third-order valence-electron chi connectivity index (χ3n) is 1.84. The lowest BCUT2D eigenvalue weighted by molar-refractivity contribution is 0.102. The van der Waals surface area contributed by atoms with Crippen molar-refractivity contribution in [2.24, 2.45) is 0 Å². The molecule has 0 amide bonds. The first-order chi connectivity index (χ1) is 6.60. The van der Waals surface area contributed by atoms with Crippen LogP contribution in [-0.4, -0.2) is 11.7 Å². The Morgan fingerprint density at radius 1 is 1.64 bits per heavy atom. The Kier molecular flexibility index (Phi) is 3.21. The monoisotopic (exact) mass is 211 g/mol. The first kappa shape index (κ1) is 10.7. The molecule has 0 saturated carbocycles. The minimum atomic E-state index is -0.502. The number of nitrogens with zero attached hydrogens (tertiary/aromatic N) is 1. The maximum Gasteiger partial charge on any atom is 0.179 e. The van der Waals surface area contributed by atoms with Crippen LogP contribution >= 0.6 is 11.6 Å². The molecule has 0 aliphatic rings. The van der Waals surface area contributed by atoms with E-state index in [4.69, 9.17) is 16.9 Å². The molecule has 0 fully saturated rings. The largest absolute Gasteiger partial charge is 0.293 e. The number of aryl methyl sites for hydroxylation is 1. The van der Waals surface area contributed by atoms with Crippen molar-refractivity contribution in [3.63, 3.8) is 0 Å². The van der Waals surface area contributed by atoms with Crippen molar-refractivity contribution in [2.45, 2.75) is 6.92 Å². The number of hydrogen-bond acceptors (Lipinski definition) is 2. The predicted octanol–water partition coefficient (Wildman–Crippen LogP) is 2.43. The zero-order valence-corrected chi connectivity index (χ0v) is 8.23. The van der Waals surface area contributed by atoms with Crippen LogP contribution in [-0.2, 0) is 0 Å². The summed E-state index contributed by atoms with van der Waals surface area (Å²) in [5.74, 6) is -1.20. The molecule has 0 radical (unpaired) electrons. The standard InChI is InChI=1S/C10H7ClFNO/c1-6-2-7(5-13)8(3-9(6)12)10(14)4-11/h2-3H,4H2,1H3. The number of benzene rings is 1. The van der Waals surface area contributed by atoms with Gasteiger partial charge in [-0.3, -0.25) is 4.79 Å².